The van der Waals surface area contributed by atoms with E-state index in [1.165, 1.54) is 27.8 Å². The van der Waals surface area contributed by atoms with Gasteiger partial charge in [0.1, 0.15) is 23.3 Å². The summed E-state index contributed by atoms with van der Waals surface area (Å²) in [6.07, 6.45) is 3.40. The van der Waals surface area contributed by atoms with Crippen molar-refractivity contribution in [3.63, 3.8) is 0 Å². The summed E-state index contributed by atoms with van der Waals surface area (Å²) < 4.78 is 17.9. The molecule has 0 radical (unpaired) electrons. The Hall–Kier alpha value is -2.48. The number of halogens is 1. The van der Waals surface area contributed by atoms with Crippen LogP contribution in [0.4, 0.5) is 0 Å². The number of aryl methyl sites for hydroxylation is 2. The van der Waals surface area contributed by atoms with Crippen LogP contribution in [0.15, 0.2) is 47.9 Å². The molecule has 5 nitrogen and oxygen atoms in total. The van der Waals surface area contributed by atoms with Crippen molar-refractivity contribution in [2.45, 2.75) is 20.8 Å². The van der Waals surface area contributed by atoms with E-state index in [4.69, 9.17) is 38.0 Å². The maximum atomic E-state index is 12.6. The Morgan fingerprint density at radius 3 is 2.58 bits per heavy atom. The van der Waals surface area contributed by atoms with Gasteiger partial charge in [-0.3, -0.25) is 9.69 Å². The van der Waals surface area contributed by atoms with Gasteiger partial charge in [-0.1, -0.05) is 47.7 Å². The first-order valence-electron chi connectivity index (χ1n) is 10.5. The normalized spacial score (nSPS) is 14.7. The van der Waals surface area contributed by atoms with E-state index >= 15 is 0 Å². The van der Waals surface area contributed by atoms with Crippen molar-refractivity contribution in [2.75, 3.05) is 26.4 Å². The number of hydrogen-bond acceptors (Lipinski definition) is 6. The molecule has 0 saturated carbocycles. The van der Waals surface area contributed by atoms with Crippen molar-refractivity contribution in [2.24, 2.45) is 0 Å². The van der Waals surface area contributed by atoms with Gasteiger partial charge in [0.15, 0.2) is 11.5 Å². The van der Waals surface area contributed by atoms with Gasteiger partial charge >= 0.3 is 0 Å². The van der Waals surface area contributed by atoms with Crippen LogP contribution in [0.1, 0.15) is 23.6 Å². The maximum absolute atomic E-state index is 12.6. The van der Waals surface area contributed by atoms with Crippen molar-refractivity contribution >= 4 is 51.9 Å². The van der Waals surface area contributed by atoms with E-state index < -0.39 is 0 Å². The first-order valence-corrected chi connectivity index (χ1v) is 12.1. The highest BCUT2D eigenvalue weighted by molar-refractivity contribution is 8.26. The van der Waals surface area contributed by atoms with Crippen LogP contribution in [-0.4, -0.2) is 41.5 Å². The van der Waals surface area contributed by atoms with Gasteiger partial charge in [0, 0.05) is 6.54 Å². The predicted molar refractivity (Wildman–Crippen MR) is 140 cm³/mol. The number of rotatable bonds is 10. The molecular weight excluding hydrogens is 478 g/mol. The minimum absolute atomic E-state index is 0.150. The summed E-state index contributed by atoms with van der Waals surface area (Å²) in [5.74, 6) is 1.59. The molecule has 1 aliphatic rings. The summed E-state index contributed by atoms with van der Waals surface area (Å²) in [4.78, 5) is 14.6. The average Bonchev–Trinajstić information content (AvgIpc) is 3.03. The first kappa shape index (κ1) is 25.1. The van der Waals surface area contributed by atoms with Crippen LogP contribution in [0.5, 0.6) is 17.2 Å². The van der Waals surface area contributed by atoms with Gasteiger partial charge in [-0.2, -0.15) is 0 Å². The molecule has 0 atom stereocenters. The number of carbonyl (C=O) groups is 1. The van der Waals surface area contributed by atoms with Crippen molar-refractivity contribution in [3.8, 4) is 17.2 Å². The number of amides is 1. The van der Waals surface area contributed by atoms with Crippen molar-refractivity contribution in [1.82, 2.24) is 4.90 Å². The zero-order chi connectivity index (χ0) is 24.0. The molecule has 3 rings (SSSR count). The fourth-order valence-electron chi connectivity index (χ4n) is 3.12. The summed E-state index contributed by atoms with van der Waals surface area (Å²) in [5, 5.41) is 0.389. The Labute approximate surface area is 209 Å². The molecule has 2 aromatic rings. The number of thioether (sulfide) groups is 1. The van der Waals surface area contributed by atoms with Gasteiger partial charge in [-0.05, 0) is 67.8 Å². The number of nitrogens with zero attached hydrogens (tertiary/aromatic N) is 1. The Balaban J connectivity index is 1.71. The van der Waals surface area contributed by atoms with Gasteiger partial charge in [0.2, 0.25) is 0 Å². The molecule has 0 unspecified atom stereocenters. The monoisotopic (exact) mass is 503 g/mol. The molecule has 1 heterocycles. The molecule has 0 aromatic heterocycles. The van der Waals surface area contributed by atoms with Crippen LogP contribution in [0.25, 0.3) is 6.08 Å². The highest BCUT2D eigenvalue weighted by Gasteiger charge is 2.31. The second kappa shape index (κ2) is 11.6. The number of hydrogen-bond donors (Lipinski definition) is 0. The van der Waals surface area contributed by atoms with E-state index in [2.05, 4.69) is 13.5 Å². The van der Waals surface area contributed by atoms with Crippen LogP contribution in [0, 0.1) is 13.8 Å². The molecule has 1 aliphatic heterocycles. The lowest BCUT2D eigenvalue weighted by molar-refractivity contribution is -0.121. The predicted octanol–water partition coefficient (Wildman–Crippen LogP) is 6.20. The van der Waals surface area contributed by atoms with Crippen molar-refractivity contribution in [3.05, 3.63) is 69.6 Å². The highest BCUT2D eigenvalue weighted by Crippen LogP contribution is 2.39. The third-order valence-electron chi connectivity index (χ3n) is 4.89. The molecule has 174 valence electrons. The lowest BCUT2D eigenvalue weighted by Gasteiger charge is -2.15. The minimum atomic E-state index is -0.150. The van der Waals surface area contributed by atoms with Gasteiger partial charge < -0.3 is 14.2 Å². The number of benzene rings is 2. The zero-order valence-corrected chi connectivity index (χ0v) is 21.2. The largest absolute Gasteiger partial charge is 0.490 e. The molecule has 33 heavy (non-hydrogen) atoms. The summed E-state index contributed by atoms with van der Waals surface area (Å²) in [7, 11) is 0. The standard InChI is InChI=1S/C25H26ClNO4S2/c1-5-9-27-24(28)22(33-25(27)32)15-18-13-20(26)23(21(14-18)29-6-2)31-11-10-30-19-8-7-16(3)17(4)12-19/h5,7-8,12-15H,1,6,9-11H2,2-4H3/b22-15-. The van der Waals surface area contributed by atoms with E-state index in [9.17, 15) is 4.79 Å². The third-order valence-corrected chi connectivity index (χ3v) is 6.55. The minimum Gasteiger partial charge on any atom is -0.490 e. The number of carbonyl (C=O) groups excluding carboxylic acids is 1. The molecule has 0 bridgehead atoms. The number of thiocarbonyl (C=S) groups is 1. The quantitative estimate of drug-likeness (QED) is 0.166. The highest BCUT2D eigenvalue weighted by atomic mass is 35.5. The molecule has 8 heteroatoms. The summed E-state index contributed by atoms with van der Waals surface area (Å²) in [6.45, 7) is 11.1. The van der Waals surface area contributed by atoms with E-state index in [-0.39, 0.29) is 5.91 Å². The Bertz CT molecular complexity index is 1100. The molecular formula is C25H26ClNO4S2. The van der Waals surface area contributed by atoms with Gasteiger partial charge in [0.25, 0.3) is 5.91 Å². The van der Waals surface area contributed by atoms with Gasteiger partial charge in [0.05, 0.1) is 16.5 Å². The smallest absolute Gasteiger partial charge is 0.266 e. The van der Waals surface area contributed by atoms with Crippen molar-refractivity contribution < 1.29 is 19.0 Å². The van der Waals surface area contributed by atoms with Crippen LogP contribution < -0.4 is 14.2 Å². The second-order valence-electron chi connectivity index (χ2n) is 7.29. The SMILES string of the molecule is C=CCN1C(=O)/C(=C/c2cc(Cl)c(OCCOc3ccc(C)c(C)c3)c(OCC)c2)SC1=S. The zero-order valence-electron chi connectivity index (χ0n) is 18.9. The lowest BCUT2D eigenvalue weighted by atomic mass is 10.1. The summed E-state index contributed by atoms with van der Waals surface area (Å²) in [6, 6.07) is 9.51. The number of ether oxygens (including phenoxy) is 3. The average molecular weight is 504 g/mol. The Morgan fingerprint density at radius 2 is 1.88 bits per heavy atom. The molecule has 1 amide bonds. The van der Waals surface area contributed by atoms with E-state index in [1.54, 1.807) is 24.3 Å². The second-order valence-corrected chi connectivity index (χ2v) is 9.37. The van der Waals surface area contributed by atoms with E-state index in [0.717, 1.165) is 11.3 Å². The molecule has 0 spiro atoms. The molecule has 1 fully saturated rings. The molecule has 2 aromatic carbocycles. The molecule has 1 saturated heterocycles. The lowest BCUT2D eigenvalue weighted by Crippen LogP contribution is -2.27. The fourth-order valence-corrected chi connectivity index (χ4v) is 4.67. The summed E-state index contributed by atoms with van der Waals surface area (Å²) in [5.41, 5.74) is 3.11. The van der Waals surface area contributed by atoms with Crippen LogP contribution in [-0.2, 0) is 4.79 Å². The topological polar surface area (TPSA) is 48.0 Å². The fraction of sp³-hybridized carbons (Fsp3) is 0.280. The third kappa shape index (κ3) is 6.31. The first-order chi connectivity index (χ1) is 15.8. The van der Waals surface area contributed by atoms with Gasteiger partial charge in [-0.15, -0.1) is 6.58 Å². The Kier molecular flexibility index (Phi) is 8.83. The molecule has 0 N–H and O–H groups in total. The van der Waals surface area contributed by atoms with Crippen LogP contribution in [0.2, 0.25) is 5.02 Å². The molecule has 0 aliphatic carbocycles. The maximum Gasteiger partial charge on any atom is 0.266 e. The van der Waals surface area contributed by atoms with Crippen molar-refractivity contribution in [1.29, 1.82) is 0 Å². The van der Waals surface area contributed by atoms with Crippen LogP contribution >= 0.6 is 35.6 Å². The van der Waals surface area contributed by atoms with Gasteiger partial charge in [-0.25, -0.2) is 0 Å². The van der Waals surface area contributed by atoms with Crippen LogP contribution in [0.3, 0.4) is 0 Å². The van der Waals surface area contributed by atoms with E-state index in [0.29, 0.717) is 52.1 Å². The van der Waals surface area contributed by atoms with E-state index in [1.807, 2.05) is 32.0 Å². The summed E-state index contributed by atoms with van der Waals surface area (Å²) >= 11 is 13.1. The Morgan fingerprint density at radius 1 is 1.12 bits per heavy atom.